The summed E-state index contributed by atoms with van der Waals surface area (Å²) in [6.07, 6.45) is 0.641. The van der Waals surface area contributed by atoms with Crippen LogP contribution in [0.1, 0.15) is 48.3 Å². The molecule has 0 saturated carbocycles. The number of thioether (sulfide) groups is 1. The Morgan fingerprint density at radius 3 is 2.53 bits per heavy atom. The second kappa shape index (κ2) is 11.1. The topological polar surface area (TPSA) is 84.3 Å². The van der Waals surface area contributed by atoms with Crippen LogP contribution in [0.25, 0.3) is 10.2 Å². The molecule has 0 saturated heterocycles. The fourth-order valence-corrected chi connectivity index (χ4v) is 6.70. The molecule has 2 aromatic carbocycles. The summed E-state index contributed by atoms with van der Waals surface area (Å²) in [4.78, 5) is 47.0. The molecule has 2 amide bonds. The van der Waals surface area contributed by atoms with Crippen LogP contribution in [0.15, 0.2) is 64.5 Å². The number of carbonyl (C=O) groups is 2. The number of nitrogens with one attached hydrogen (secondary N) is 1. The van der Waals surface area contributed by atoms with Crippen LogP contribution in [0.2, 0.25) is 0 Å². The van der Waals surface area contributed by atoms with Gasteiger partial charge in [0, 0.05) is 24.0 Å². The van der Waals surface area contributed by atoms with Crippen LogP contribution >= 0.6 is 23.1 Å². The van der Waals surface area contributed by atoms with E-state index in [0.717, 1.165) is 21.7 Å². The largest absolute Gasteiger partial charge is 0.337 e. The molecule has 2 aromatic heterocycles. The highest BCUT2D eigenvalue weighted by Crippen LogP contribution is 2.34. The Bertz CT molecular complexity index is 1540. The fourth-order valence-electron chi connectivity index (χ4n) is 4.62. The molecule has 1 aliphatic rings. The zero-order valence-electron chi connectivity index (χ0n) is 21.7. The van der Waals surface area contributed by atoms with E-state index in [4.69, 9.17) is 4.98 Å². The van der Waals surface area contributed by atoms with E-state index in [-0.39, 0.29) is 23.1 Å². The fraction of sp³-hybridized carbons (Fsp3) is 0.310. The quantitative estimate of drug-likeness (QED) is 0.252. The Balaban J connectivity index is 1.44. The molecule has 7 nitrogen and oxygen atoms in total. The second-order valence-corrected chi connectivity index (χ2v) is 11.8. The summed E-state index contributed by atoms with van der Waals surface area (Å²) in [6, 6.07) is 17.6. The number of anilines is 1. The molecule has 0 aliphatic carbocycles. The molecule has 0 atom stereocenters. The minimum Gasteiger partial charge on any atom is -0.337 e. The highest BCUT2D eigenvalue weighted by molar-refractivity contribution is 7.99. The molecule has 38 heavy (non-hydrogen) atoms. The smallest absolute Gasteiger partial charge is 0.263 e. The third-order valence-electron chi connectivity index (χ3n) is 6.75. The number of aromatic nitrogens is 2. The molecular formula is C29H30N4O3S2. The van der Waals surface area contributed by atoms with Gasteiger partial charge in [0.25, 0.3) is 5.56 Å². The van der Waals surface area contributed by atoms with Gasteiger partial charge in [0.2, 0.25) is 11.8 Å². The lowest BCUT2D eigenvalue weighted by Crippen LogP contribution is -2.34. The maximum Gasteiger partial charge on any atom is 0.263 e. The number of carbonyl (C=O) groups excluding carboxylic acids is 2. The van der Waals surface area contributed by atoms with Crippen LogP contribution in [-0.2, 0) is 29.1 Å². The number of fused-ring (bicyclic) bond motifs is 3. The van der Waals surface area contributed by atoms with Crippen LogP contribution in [0.4, 0.5) is 5.69 Å². The lowest BCUT2D eigenvalue weighted by Gasteiger charge is -2.25. The molecule has 4 aromatic rings. The molecule has 196 valence electrons. The summed E-state index contributed by atoms with van der Waals surface area (Å²) < 4.78 is 1.68. The second-order valence-electron chi connectivity index (χ2n) is 9.76. The molecule has 0 radical (unpaired) electrons. The average molecular weight is 547 g/mol. The first-order valence-electron chi connectivity index (χ1n) is 12.7. The predicted molar refractivity (Wildman–Crippen MR) is 154 cm³/mol. The van der Waals surface area contributed by atoms with Crippen molar-refractivity contribution in [2.24, 2.45) is 0 Å². The monoisotopic (exact) mass is 546 g/mol. The van der Waals surface area contributed by atoms with E-state index < -0.39 is 0 Å². The summed E-state index contributed by atoms with van der Waals surface area (Å²) in [6.45, 7) is 7.30. The first-order chi connectivity index (χ1) is 18.3. The van der Waals surface area contributed by atoms with E-state index in [2.05, 4.69) is 19.2 Å². The molecule has 0 spiro atoms. The number of amides is 2. The highest BCUT2D eigenvalue weighted by atomic mass is 32.2. The Morgan fingerprint density at radius 1 is 1.11 bits per heavy atom. The third kappa shape index (κ3) is 5.54. The summed E-state index contributed by atoms with van der Waals surface area (Å²) in [5.74, 6) is 0.423. The Kier molecular flexibility index (Phi) is 7.67. The standard InChI is InChI=1S/C29H30N4O3S2/c1-18(2)21-9-11-22(12-10-21)30-25(35)17-37-29-31-27-26(23-13-14-32(19(3)34)16-24(23)38-27)28(36)33(29)15-20-7-5-4-6-8-20/h4-12,18H,13-17H2,1-3H3,(H,30,35). The van der Waals surface area contributed by atoms with Gasteiger partial charge in [0.05, 0.1) is 24.2 Å². The summed E-state index contributed by atoms with van der Waals surface area (Å²) in [5, 5.41) is 4.10. The van der Waals surface area contributed by atoms with Gasteiger partial charge in [0.15, 0.2) is 5.16 Å². The van der Waals surface area contributed by atoms with Gasteiger partial charge < -0.3 is 10.2 Å². The van der Waals surface area contributed by atoms with Crippen molar-refractivity contribution in [3.63, 3.8) is 0 Å². The van der Waals surface area contributed by atoms with Crippen molar-refractivity contribution >= 4 is 50.8 Å². The normalized spacial score (nSPS) is 13.1. The van der Waals surface area contributed by atoms with Gasteiger partial charge in [-0.15, -0.1) is 11.3 Å². The van der Waals surface area contributed by atoms with Crippen molar-refractivity contribution in [1.82, 2.24) is 14.5 Å². The van der Waals surface area contributed by atoms with Gasteiger partial charge in [-0.3, -0.25) is 19.0 Å². The number of benzene rings is 2. The molecule has 0 fully saturated rings. The van der Waals surface area contributed by atoms with Gasteiger partial charge in [-0.1, -0.05) is 68.1 Å². The zero-order valence-corrected chi connectivity index (χ0v) is 23.3. The van der Waals surface area contributed by atoms with E-state index in [1.165, 1.54) is 28.7 Å². The van der Waals surface area contributed by atoms with Crippen molar-refractivity contribution in [2.75, 3.05) is 17.6 Å². The van der Waals surface area contributed by atoms with Gasteiger partial charge in [0.1, 0.15) is 4.83 Å². The molecule has 3 heterocycles. The lowest BCUT2D eigenvalue weighted by atomic mass is 10.0. The van der Waals surface area contributed by atoms with Gasteiger partial charge in [-0.25, -0.2) is 4.98 Å². The van der Waals surface area contributed by atoms with E-state index in [1.54, 1.807) is 16.4 Å². The average Bonchev–Trinajstić information content (AvgIpc) is 3.28. The molecule has 9 heteroatoms. The van der Waals surface area contributed by atoms with E-state index in [9.17, 15) is 14.4 Å². The van der Waals surface area contributed by atoms with E-state index in [1.807, 2.05) is 54.6 Å². The zero-order chi connectivity index (χ0) is 26.8. The summed E-state index contributed by atoms with van der Waals surface area (Å²) in [5.41, 5.74) is 3.84. The van der Waals surface area contributed by atoms with Crippen molar-refractivity contribution in [1.29, 1.82) is 0 Å². The summed E-state index contributed by atoms with van der Waals surface area (Å²) >= 11 is 2.74. The SMILES string of the molecule is CC(=O)N1CCc2c(sc3nc(SCC(=O)Nc4ccc(C(C)C)cc4)n(Cc4ccccc4)c(=O)c23)C1. The van der Waals surface area contributed by atoms with Crippen molar-refractivity contribution in [2.45, 2.75) is 51.4 Å². The van der Waals surface area contributed by atoms with Crippen molar-refractivity contribution in [3.8, 4) is 0 Å². The van der Waals surface area contributed by atoms with Gasteiger partial charge in [-0.2, -0.15) is 0 Å². The van der Waals surface area contributed by atoms with Crippen LogP contribution in [0.5, 0.6) is 0 Å². The molecular weight excluding hydrogens is 516 g/mol. The van der Waals surface area contributed by atoms with Crippen LogP contribution in [0.3, 0.4) is 0 Å². The molecule has 0 bridgehead atoms. The third-order valence-corrected chi connectivity index (χ3v) is 8.83. The number of hydrogen-bond donors (Lipinski definition) is 1. The molecule has 1 aliphatic heterocycles. The molecule has 1 N–H and O–H groups in total. The minimum absolute atomic E-state index is 0.0312. The number of thiophene rings is 1. The molecule has 0 unspecified atom stereocenters. The predicted octanol–water partition coefficient (Wildman–Crippen LogP) is 5.27. The van der Waals surface area contributed by atoms with Gasteiger partial charge in [-0.05, 0) is 41.2 Å². The minimum atomic E-state index is -0.157. The Labute approximate surface area is 229 Å². The number of rotatable bonds is 7. The highest BCUT2D eigenvalue weighted by Gasteiger charge is 2.26. The number of hydrogen-bond acceptors (Lipinski definition) is 6. The number of nitrogens with zero attached hydrogens (tertiary/aromatic N) is 3. The first-order valence-corrected chi connectivity index (χ1v) is 14.5. The first kappa shape index (κ1) is 26.2. The maximum atomic E-state index is 13.9. The lowest BCUT2D eigenvalue weighted by molar-refractivity contribution is -0.129. The van der Waals surface area contributed by atoms with E-state index in [0.29, 0.717) is 47.3 Å². The van der Waals surface area contributed by atoms with Crippen LogP contribution in [0, 0.1) is 0 Å². The molecule has 5 rings (SSSR count). The van der Waals surface area contributed by atoms with Crippen LogP contribution < -0.4 is 10.9 Å². The summed E-state index contributed by atoms with van der Waals surface area (Å²) in [7, 11) is 0. The van der Waals surface area contributed by atoms with Gasteiger partial charge >= 0.3 is 0 Å². The van der Waals surface area contributed by atoms with Crippen LogP contribution in [-0.4, -0.2) is 38.6 Å². The van der Waals surface area contributed by atoms with Crippen molar-refractivity contribution in [3.05, 3.63) is 86.5 Å². The Hall–Kier alpha value is -3.43. The Morgan fingerprint density at radius 2 is 1.84 bits per heavy atom. The van der Waals surface area contributed by atoms with E-state index >= 15 is 0 Å². The van der Waals surface area contributed by atoms with Crippen molar-refractivity contribution < 1.29 is 9.59 Å². The maximum absolute atomic E-state index is 13.9.